The van der Waals surface area contributed by atoms with E-state index in [2.05, 4.69) is 65.2 Å². The molecule has 0 aliphatic rings. The van der Waals surface area contributed by atoms with Gasteiger partial charge < -0.3 is 15.1 Å². The van der Waals surface area contributed by atoms with Crippen LogP contribution in [0.5, 0.6) is 0 Å². The zero-order chi connectivity index (χ0) is 48.1. The van der Waals surface area contributed by atoms with Gasteiger partial charge >= 0.3 is 0 Å². The summed E-state index contributed by atoms with van der Waals surface area (Å²) in [5.41, 5.74) is -2.57. The first-order valence-corrected chi connectivity index (χ1v) is 26.0. The Morgan fingerprint density at radius 3 is 1.79 bits per heavy atom. The molecule has 14 heteroatoms. The molecule has 0 aliphatic carbocycles. The van der Waals surface area contributed by atoms with E-state index >= 15 is 0 Å². The van der Waals surface area contributed by atoms with Crippen molar-refractivity contribution in [3.05, 3.63) is 71.8 Å². The number of hydrogen-bond donors (Lipinski definition) is 3. The van der Waals surface area contributed by atoms with E-state index in [1.54, 1.807) is 12.1 Å². The fraction of sp³-hybridized carbons (Fsp3) is 0.653. The molecule has 0 bridgehead atoms. The van der Waals surface area contributed by atoms with Crippen LogP contribution < -0.4 is 10.6 Å². The highest BCUT2D eigenvalue weighted by molar-refractivity contribution is 8.24. The van der Waals surface area contributed by atoms with Gasteiger partial charge in [-0.3, -0.25) is 18.9 Å². The molecule has 3 unspecified atom stereocenters. The van der Waals surface area contributed by atoms with Gasteiger partial charge in [-0.15, -0.1) is 11.8 Å². The van der Waals surface area contributed by atoms with E-state index in [0.717, 1.165) is 5.56 Å². The molecule has 0 spiro atoms. The Balaban J connectivity index is 2.52. The molecule has 3 N–H and O–H groups in total. The van der Waals surface area contributed by atoms with E-state index in [1.165, 1.54) is 23.5 Å². The summed E-state index contributed by atoms with van der Waals surface area (Å²) in [6.07, 6.45) is 3.12. The minimum Gasteiger partial charge on any atom is -0.356 e. The molecule has 0 aliphatic heterocycles. The molecular formula is C49H77N4O6S4+. The normalized spacial score (nSPS) is 15.3. The van der Waals surface area contributed by atoms with Crippen molar-refractivity contribution in [1.82, 2.24) is 10.6 Å². The Kier molecular flexibility index (Phi) is 20.6. The molecule has 0 radical (unpaired) electrons. The number of rotatable bonds is 26. The van der Waals surface area contributed by atoms with Crippen LogP contribution in [0.2, 0.25) is 0 Å². The van der Waals surface area contributed by atoms with Gasteiger partial charge in [0.25, 0.3) is 10.1 Å². The number of benzene rings is 2. The van der Waals surface area contributed by atoms with Crippen molar-refractivity contribution in [2.75, 3.05) is 51.8 Å². The number of nitrogens with zero attached hydrogens (tertiary/aromatic N) is 2. The largest absolute Gasteiger partial charge is 0.356 e. The highest BCUT2D eigenvalue weighted by Gasteiger charge is 2.60. The highest BCUT2D eigenvalue weighted by Crippen LogP contribution is 2.61. The smallest absolute Gasteiger partial charge is 0.265 e. The summed E-state index contributed by atoms with van der Waals surface area (Å²) in [5, 5.41) is 16.8. The highest BCUT2D eigenvalue weighted by atomic mass is 32.2. The average Bonchev–Trinajstić information content (AvgIpc) is 3.20. The van der Waals surface area contributed by atoms with Gasteiger partial charge in [0.05, 0.1) is 59.4 Å². The Bertz CT molecular complexity index is 2000. The van der Waals surface area contributed by atoms with Crippen LogP contribution in [0.3, 0.4) is 0 Å². The fourth-order valence-electron chi connectivity index (χ4n) is 8.50. The number of nitriles is 1. The van der Waals surface area contributed by atoms with E-state index in [-0.39, 0.29) is 28.6 Å². The molecule has 0 fully saturated rings. The van der Waals surface area contributed by atoms with E-state index in [1.807, 2.05) is 90.3 Å². The van der Waals surface area contributed by atoms with Crippen molar-refractivity contribution >= 4 is 67.0 Å². The maximum Gasteiger partial charge on any atom is 0.265 e. The summed E-state index contributed by atoms with van der Waals surface area (Å²) in [6.45, 7) is 24.7. The SMILES string of the molecule is CCC(CC(C)(C(=O)NCCCSC(=O)c1ccccc1)C(C)(C)C(C)(C)CC(C)(C(=O)NCCC[N+](C)(C)CCCS(=O)(=O)O)C(C)(C)SC(=S)c1ccccc1)C(C)(C)C#N. The number of amides is 2. The number of thioether (sulfide) groups is 2. The van der Waals surface area contributed by atoms with Crippen LogP contribution in [0, 0.1) is 44.3 Å². The molecular weight excluding hydrogens is 869 g/mol. The molecule has 10 nitrogen and oxygen atoms in total. The zero-order valence-electron chi connectivity index (χ0n) is 40.4. The van der Waals surface area contributed by atoms with Gasteiger partial charge in [0.1, 0.15) is 0 Å². The van der Waals surface area contributed by atoms with Gasteiger partial charge in [0.15, 0.2) is 0 Å². The minimum atomic E-state index is -4.04. The number of thiocarbonyl (C=S) groups is 1. The third-order valence-electron chi connectivity index (χ3n) is 14.3. The maximum absolute atomic E-state index is 15.0. The van der Waals surface area contributed by atoms with Gasteiger partial charge in [-0.2, -0.15) is 13.7 Å². The molecule has 2 amide bonds. The molecule has 2 aromatic rings. The van der Waals surface area contributed by atoms with Gasteiger partial charge in [0.2, 0.25) is 16.9 Å². The van der Waals surface area contributed by atoms with Crippen molar-refractivity contribution in [2.24, 2.45) is 33.0 Å². The fourth-order valence-corrected chi connectivity index (χ4v) is 11.6. The lowest BCUT2D eigenvalue weighted by Gasteiger charge is -2.57. The predicted molar refractivity (Wildman–Crippen MR) is 267 cm³/mol. The van der Waals surface area contributed by atoms with Crippen molar-refractivity contribution in [2.45, 2.75) is 119 Å². The summed E-state index contributed by atoms with van der Waals surface area (Å²) in [5.74, 6) is -0.0848. The molecule has 3 atom stereocenters. The summed E-state index contributed by atoms with van der Waals surface area (Å²) in [4.78, 5) is 42.6. The molecule has 0 heterocycles. The van der Waals surface area contributed by atoms with Crippen molar-refractivity contribution in [3.63, 3.8) is 0 Å². The second kappa shape index (κ2) is 23.1. The third-order valence-corrected chi connectivity index (χ3v) is 17.9. The van der Waals surface area contributed by atoms with Crippen LogP contribution in [-0.2, 0) is 19.7 Å². The second-order valence-electron chi connectivity index (χ2n) is 20.5. The minimum absolute atomic E-state index is 0.00588. The monoisotopic (exact) mass is 945 g/mol. The van der Waals surface area contributed by atoms with Crippen molar-refractivity contribution < 1.29 is 31.8 Å². The number of nitrogens with one attached hydrogen (secondary N) is 2. The topological polar surface area (TPSA) is 153 Å². The standard InChI is InChI=1S/C49H76N4O6S4/c1-14-39(44(2,3)36-50)34-48(10,42(55)52-29-22-32-61-40(54)37-24-17-15-18-25-37)46(6,7)45(4,5)35-49(11,47(8,9)62-41(60)38-26-19-16-20-27-38)43(56)51-28-21-30-53(12,13)31-23-33-63(57,58)59/h15-20,24-27,39H,14,21-23,28-35H2,1-13H3,(H2-,51,52,55,56,57,58,59)/p+1. The van der Waals surface area contributed by atoms with E-state index in [0.29, 0.717) is 84.7 Å². The summed E-state index contributed by atoms with van der Waals surface area (Å²) >= 11 is 8.76. The molecule has 2 aromatic carbocycles. The first-order chi connectivity index (χ1) is 28.9. The number of quaternary nitrogens is 1. The van der Waals surface area contributed by atoms with E-state index < -0.39 is 41.9 Å². The number of hydrogen-bond acceptors (Lipinski definition) is 9. The molecule has 63 heavy (non-hydrogen) atoms. The molecule has 0 saturated heterocycles. The zero-order valence-corrected chi connectivity index (χ0v) is 43.6. The Morgan fingerprint density at radius 2 is 1.29 bits per heavy atom. The van der Waals surface area contributed by atoms with Gasteiger partial charge in [-0.1, -0.05) is 133 Å². The van der Waals surface area contributed by atoms with Crippen LogP contribution in [0.1, 0.15) is 131 Å². The lowest BCUT2D eigenvalue weighted by molar-refractivity contribution is -0.890. The maximum atomic E-state index is 15.0. The van der Waals surface area contributed by atoms with Crippen molar-refractivity contribution in [1.29, 1.82) is 5.26 Å². The van der Waals surface area contributed by atoms with Gasteiger partial charge in [0, 0.05) is 42.0 Å². The molecule has 0 aromatic heterocycles. The lowest BCUT2D eigenvalue weighted by atomic mass is 9.47. The van der Waals surface area contributed by atoms with Crippen LogP contribution in [0.15, 0.2) is 60.7 Å². The summed E-state index contributed by atoms with van der Waals surface area (Å²) in [6, 6.07) is 21.5. The first-order valence-electron chi connectivity index (χ1n) is 22.2. The predicted octanol–water partition coefficient (Wildman–Crippen LogP) is 10.2. The van der Waals surface area contributed by atoms with Crippen LogP contribution in [-0.4, -0.2) is 95.1 Å². The first kappa shape index (κ1) is 56.3. The number of carbonyl (C=O) groups is 3. The Labute approximate surface area is 394 Å². The van der Waals surface area contributed by atoms with Gasteiger partial charge in [-0.05, 0) is 76.2 Å². The summed E-state index contributed by atoms with van der Waals surface area (Å²) < 4.78 is 32.3. The third kappa shape index (κ3) is 15.7. The lowest BCUT2D eigenvalue weighted by Crippen LogP contribution is -2.59. The molecule has 2 rings (SSSR count). The van der Waals surface area contributed by atoms with Crippen LogP contribution in [0.25, 0.3) is 0 Å². The molecule has 352 valence electrons. The Morgan fingerprint density at radius 1 is 0.794 bits per heavy atom. The quantitative estimate of drug-likeness (QED) is 0.0360. The van der Waals surface area contributed by atoms with Crippen LogP contribution >= 0.6 is 35.7 Å². The van der Waals surface area contributed by atoms with E-state index in [4.69, 9.17) is 12.2 Å². The second-order valence-corrected chi connectivity index (χ2v) is 25.4. The van der Waals surface area contributed by atoms with Crippen molar-refractivity contribution in [3.8, 4) is 6.07 Å². The molecule has 0 saturated carbocycles. The Hall–Kier alpha value is -2.80. The van der Waals surface area contributed by atoms with Crippen LogP contribution in [0.4, 0.5) is 0 Å². The average molecular weight is 946 g/mol. The van der Waals surface area contributed by atoms with E-state index in [9.17, 15) is 32.6 Å². The summed E-state index contributed by atoms with van der Waals surface area (Å²) in [7, 11) is -0.0276. The van der Waals surface area contributed by atoms with Gasteiger partial charge in [-0.25, -0.2) is 0 Å². The number of carbonyl (C=O) groups excluding carboxylic acids is 3.